The number of oxazole rings is 1. The first-order chi connectivity index (χ1) is 12.7. The zero-order chi connectivity index (χ0) is 18.2. The van der Waals surface area contributed by atoms with Crippen molar-refractivity contribution in [3.05, 3.63) is 83.6 Å². The van der Waals surface area contributed by atoms with E-state index in [4.69, 9.17) is 9.15 Å². The zero-order valence-electron chi connectivity index (χ0n) is 14.4. The van der Waals surface area contributed by atoms with Crippen molar-refractivity contribution in [2.75, 3.05) is 7.11 Å². The number of methoxy groups -OCH3 is 1. The number of hydrogen-bond donors (Lipinski definition) is 0. The molecule has 0 aliphatic carbocycles. The van der Waals surface area contributed by atoms with Gasteiger partial charge in [0.15, 0.2) is 0 Å². The van der Waals surface area contributed by atoms with Crippen molar-refractivity contribution in [2.24, 2.45) is 0 Å². The number of hydrogen-bond acceptors (Lipinski definition) is 5. The maximum atomic E-state index is 11.2. The maximum absolute atomic E-state index is 11.2. The van der Waals surface area contributed by atoms with Crippen LogP contribution in [0.25, 0.3) is 12.2 Å². The molecule has 0 saturated carbocycles. The van der Waals surface area contributed by atoms with Gasteiger partial charge in [-0.05, 0) is 29.3 Å². The summed E-state index contributed by atoms with van der Waals surface area (Å²) in [4.78, 5) is 15.6. The predicted molar refractivity (Wildman–Crippen MR) is 98.4 cm³/mol. The molecule has 1 heterocycles. The highest BCUT2D eigenvalue weighted by molar-refractivity contribution is 5.72. The van der Waals surface area contributed by atoms with Crippen molar-refractivity contribution >= 4 is 18.1 Å². The van der Waals surface area contributed by atoms with Gasteiger partial charge in [0, 0.05) is 6.08 Å². The number of aromatic nitrogens is 1. The van der Waals surface area contributed by atoms with Crippen molar-refractivity contribution in [3.8, 4) is 5.75 Å². The Kier molecular flexibility index (Phi) is 5.83. The number of benzene rings is 2. The molecule has 0 saturated heterocycles. The highest BCUT2D eigenvalue weighted by Crippen LogP contribution is 2.15. The molecule has 0 aliphatic heterocycles. The van der Waals surface area contributed by atoms with E-state index in [-0.39, 0.29) is 12.4 Å². The summed E-state index contributed by atoms with van der Waals surface area (Å²) >= 11 is 0. The van der Waals surface area contributed by atoms with Crippen LogP contribution < -0.4 is 4.74 Å². The van der Waals surface area contributed by atoms with Crippen LogP contribution in [0.3, 0.4) is 0 Å². The van der Waals surface area contributed by atoms with Crippen molar-refractivity contribution < 1.29 is 18.7 Å². The second kappa shape index (κ2) is 8.67. The lowest BCUT2D eigenvalue weighted by Crippen LogP contribution is -2.04. The summed E-state index contributed by atoms with van der Waals surface area (Å²) in [5.74, 6) is 0.959. The Labute approximate surface area is 151 Å². The van der Waals surface area contributed by atoms with E-state index in [2.05, 4.69) is 9.72 Å². The lowest BCUT2D eigenvalue weighted by Gasteiger charge is -2.05. The van der Waals surface area contributed by atoms with Gasteiger partial charge in [0.1, 0.15) is 24.3 Å². The van der Waals surface area contributed by atoms with E-state index < -0.39 is 0 Å². The van der Waals surface area contributed by atoms with Gasteiger partial charge < -0.3 is 13.9 Å². The first kappa shape index (κ1) is 17.5. The molecule has 3 aromatic rings. The van der Waals surface area contributed by atoms with E-state index in [9.17, 15) is 4.79 Å². The first-order valence-corrected chi connectivity index (χ1v) is 8.19. The quantitative estimate of drug-likeness (QED) is 0.600. The molecular weight excluding hydrogens is 330 g/mol. The van der Waals surface area contributed by atoms with Crippen LogP contribution in [0.1, 0.15) is 22.7 Å². The molecule has 0 fully saturated rings. The van der Waals surface area contributed by atoms with Gasteiger partial charge in [-0.25, -0.2) is 4.98 Å². The topological polar surface area (TPSA) is 61.6 Å². The van der Waals surface area contributed by atoms with E-state index in [1.165, 1.54) is 7.11 Å². The van der Waals surface area contributed by atoms with E-state index in [0.29, 0.717) is 23.9 Å². The molecule has 5 heteroatoms. The summed E-state index contributed by atoms with van der Waals surface area (Å²) in [5.41, 5.74) is 2.66. The molecule has 2 aromatic carbocycles. The number of esters is 1. The largest absolute Gasteiger partial charge is 0.487 e. The molecule has 0 amide bonds. The molecule has 0 radical (unpaired) electrons. The van der Waals surface area contributed by atoms with E-state index in [1.54, 1.807) is 6.26 Å². The lowest BCUT2D eigenvalue weighted by molar-refractivity contribution is -0.139. The van der Waals surface area contributed by atoms with E-state index >= 15 is 0 Å². The third kappa shape index (κ3) is 5.08. The molecule has 3 rings (SSSR count). The van der Waals surface area contributed by atoms with E-state index in [0.717, 1.165) is 11.1 Å². The standard InChI is InChI=1S/C21H19NO4/c1-24-21(23)13-17-7-10-19(11-8-17)25-14-18-15-26-20(22-18)12-9-16-5-3-2-4-6-16/h2-12,15H,13-14H2,1H3/b12-9+. The smallest absolute Gasteiger partial charge is 0.309 e. The fraction of sp³-hybridized carbons (Fsp3) is 0.143. The van der Waals surface area contributed by atoms with Gasteiger partial charge in [-0.15, -0.1) is 0 Å². The monoisotopic (exact) mass is 349 g/mol. The molecule has 26 heavy (non-hydrogen) atoms. The van der Waals surface area contributed by atoms with Crippen LogP contribution in [0.15, 0.2) is 65.3 Å². The Hall–Kier alpha value is -3.34. The SMILES string of the molecule is COC(=O)Cc1ccc(OCc2coc(/C=C/c3ccccc3)n2)cc1. The predicted octanol–water partition coefficient (Wildman–Crippen LogP) is 4.14. The second-order valence-corrected chi connectivity index (χ2v) is 5.61. The molecule has 1 aromatic heterocycles. The second-order valence-electron chi connectivity index (χ2n) is 5.61. The zero-order valence-corrected chi connectivity index (χ0v) is 14.4. The molecule has 0 aliphatic rings. The van der Waals surface area contributed by atoms with Crippen molar-refractivity contribution in [1.82, 2.24) is 4.98 Å². The molecule has 0 spiro atoms. The fourth-order valence-electron chi connectivity index (χ4n) is 2.30. The minimum atomic E-state index is -0.266. The van der Waals surface area contributed by atoms with Gasteiger partial charge in [0.2, 0.25) is 5.89 Å². The maximum Gasteiger partial charge on any atom is 0.309 e. The average Bonchev–Trinajstić information content (AvgIpc) is 3.14. The Balaban J connectivity index is 1.53. The Morgan fingerprint density at radius 3 is 2.58 bits per heavy atom. The fourth-order valence-corrected chi connectivity index (χ4v) is 2.30. The van der Waals surface area contributed by atoms with Crippen LogP contribution in [0.4, 0.5) is 0 Å². The van der Waals surface area contributed by atoms with E-state index in [1.807, 2.05) is 66.7 Å². The molecule has 0 bridgehead atoms. The van der Waals surface area contributed by atoms with Crippen molar-refractivity contribution in [3.63, 3.8) is 0 Å². The summed E-state index contributed by atoms with van der Waals surface area (Å²) in [6.45, 7) is 0.305. The third-order valence-corrected chi connectivity index (χ3v) is 3.67. The van der Waals surface area contributed by atoms with Gasteiger partial charge in [0.25, 0.3) is 0 Å². The molecule has 0 atom stereocenters. The van der Waals surface area contributed by atoms with Crippen LogP contribution in [-0.4, -0.2) is 18.1 Å². The summed E-state index contributed by atoms with van der Waals surface area (Å²) in [6, 6.07) is 17.2. The minimum absolute atomic E-state index is 0.247. The molecule has 0 N–H and O–H groups in total. The molecular formula is C21H19NO4. The van der Waals surface area contributed by atoms with Gasteiger partial charge in [-0.1, -0.05) is 42.5 Å². The summed E-state index contributed by atoms with van der Waals surface area (Å²) in [6.07, 6.45) is 5.59. The summed E-state index contributed by atoms with van der Waals surface area (Å²) in [7, 11) is 1.38. The van der Waals surface area contributed by atoms with Crippen LogP contribution in [-0.2, 0) is 22.6 Å². The average molecular weight is 349 g/mol. The minimum Gasteiger partial charge on any atom is -0.487 e. The van der Waals surface area contributed by atoms with Gasteiger partial charge in [-0.3, -0.25) is 4.79 Å². The van der Waals surface area contributed by atoms with Crippen LogP contribution in [0.5, 0.6) is 5.75 Å². The summed E-state index contributed by atoms with van der Waals surface area (Å²) in [5, 5.41) is 0. The number of rotatable bonds is 7. The number of nitrogens with zero attached hydrogens (tertiary/aromatic N) is 1. The van der Waals surface area contributed by atoms with Crippen LogP contribution in [0, 0.1) is 0 Å². The molecule has 0 unspecified atom stereocenters. The van der Waals surface area contributed by atoms with Crippen molar-refractivity contribution in [2.45, 2.75) is 13.0 Å². The highest BCUT2D eigenvalue weighted by atomic mass is 16.5. The van der Waals surface area contributed by atoms with Gasteiger partial charge in [0.05, 0.1) is 13.5 Å². The normalized spacial score (nSPS) is 10.8. The first-order valence-electron chi connectivity index (χ1n) is 8.19. The number of ether oxygens (including phenoxy) is 2. The molecule has 132 valence electrons. The molecule has 5 nitrogen and oxygen atoms in total. The third-order valence-electron chi connectivity index (χ3n) is 3.67. The number of carbonyl (C=O) groups excluding carboxylic acids is 1. The highest BCUT2D eigenvalue weighted by Gasteiger charge is 2.05. The number of carbonyl (C=O) groups is 1. The van der Waals surface area contributed by atoms with Gasteiger partial charge in [-0.2, -0.15) is 0 Å². The lowest BCUT2D eigenvalue weighted by atomic mass is 10.1. The summed E-state index contributed by atoms with van der Waals surface area (Å²) < 4.78 is 15.8. The van der Waals surface area contributed by atoms with Crippen LogP contribution in [0.2, 0.25) is 0 Å². The Morgan fingerprint density at radius 1 is 1.08 bits per heavy atom. The van der Waals surface area contributed by atoms with Gasteiger partial charge >= 0.3 is 5.97 Å². The van der Waals surface area contributed by atoms with Crippen molar-refractivity contribution in [1.29, 1.82) is 0 Å². The Morgan fingerprint density at radius 2 is 1.85 bits per heavy atom. The Bertz CT molecular complexity index is 867. The van der Waals surface area contributed by atoms with Crippen LogP contribution >= 0.6 is 0 Å².